The molecule has 0 radical (unpaired) electrons. The highest BCUT2D eigenvalue weighted by Crippen LogP contribution is 2.24. The number of ether oxygens (including phenoxy) is 1. The first-order chi connectivity index (χ1) is 9.34. The van der Waals surface area contributed by atoms with E-state index in [1.165, 1.54) is 13.8 Å². The molecule has 2 unspecified atom stereocenters. The molecule has 0 amide bonds. The fraction of sp³-hybridized carbons (Fsp3) is 1.00. The highest BCUT2D eigenvalue weighted by Gasteiger charge is 2.48. The van der Waals surface area contributed by atoms with Crippen LogP contribution in [0, 0.1) is 0 Å². The Bertz CT molecular complexity index is 453. The molecule has 1 fully saturated rings. The normalized spacial score (nSPS) is 26.6. The molecule has 1 heterocycles. The lowest BCUT2D eigenvalue weighted by Crippen LogP contribution is -2.55. The van der Waals surface area contributed by atoms with E-state index in [0.29, 0.717) is 13.0 Å². The minimum absolute atomic E-state index is 0.0690. The number of rotatable bonds is 4. The summed E-state index contributed by atoms with van der Waals surface area (Å²) in [6.45, 7) is 5.26. The molecule has 0 saturated carbocycles. The van der Waals surface area contributed by atoms with Gasteiger partial charge in [-0.05, 0) is 20.8 Å². The number of alkyl halides is 3. The molecule has 1 saturated heterocycles. The number of sulfonamides is 1. The van der Waals surface area contributed by atoms with Gasteiger partial charge in [0.1, 0.15) is 0 Å². The number of aliphatic hydroxyl groups is 1. The first-order valence-corrected chi connectivity index (χ1v) is 7.96. The topological polar surface area (TPSA) is 78.9 Å². The molecule has 6 nitrogen and oxygen atoms in total. The summed E-state index contributed by atoms with van der Waals surface area (Å²) >= 11 is 0. The van der Waals surface area contributed by atoms with Crippen LogP contribution in [-0.4, -0.2) is 61.5 Å². The second-order valence-electron chi connectivity index (χ2n) is 5.82. The zero-order valence-corrected chi connectivity index (χ0v) is 13.0. The molecule has 1 aliphatic rings. The Labute approximate surface area is 122 Å². The lowest BCUT2D eigenvalue weighted by Gasteiger charge is -2.35. The van der Waals surface area contributed by atoms with Crippen molar-refractivity contribution in [3.63, 3.8) is 0 Å². The molecular weight excluding hydrogens is 313 g/mol. The van der Waals surface area contributed by atoms with Crippen LogP contribution in [0.4, 0.5) is 13.2 Å². The molecule has 126 valence electrons. The molecule has 1 aliphatic heterocycles. The van der Waals surface area contributed by atoms with Crippen LogP contribution >= 0.6 is 0 Å². The second-order valence-corrected chi connectivity index (χ2v) is 7.49. The van der Waals surface area contributed by atoms with Gasteiger partial charge in [-0.25, -0.2) is 13.1 Å². The van der Waals surface area contributed by atoms with Crippen LogP contribution in [0.5, 0.6) is 0 Å². The highest BCUT2D eigenvalue weighted by molar-refractivity contribution is 7.90. The summed E-state index contributed by atoms with van der Waals surface area (Å²) in [7, 11) is -5.40. The molecule has 10 heteroatoms. The van der Waals surface area contributed by atoms with Crippen molar-refractivity contribution >= 4 is 10.0 Å². The quantitative estimate of drug-likeness (QED) is 0.789. The fourth-order valence-electron chi connectivity index (χ4n) is 2.23. The fourth-order valence-corrected chi connectivity index (χ4v) is 3.14. The van der Waals surface area contributed by atoms with E-state index in [1.807, 2.05) is 0 Å². The molecule has 0 aliphatic carbocycles. The third kappa shape index (κ3) is 5.37. The van der Waals surface area contributed by atoms with Crippen molar-refractivity contribution in [2.75, 3.05) is 19.7 Å². The molecule has 0 bridgehead atoms. The second kappa shape index (κ2) is 6.37. The van der Waals surface area contributed by atoms with E-state index in [-0.39, 0.29) is 19.2 Å². The van der Waals surface area contributed by atoms with Gasteiger partial charge in [0.2, 0.25) is 0 Å². The molecule has 1 rings (SSSR count). The summed E-state index contributed by atoms with van der Waals surface area (Å²) in [5.41, 5.74) is -6.65. The summed E-state index contributed by atoms with van der Waals surface area (Å²) < 4.78 is 66.4. The van der Waals surface area contributed by atoms with Gasteiger partial charge >= 0.3 is 15.5 Å². The summed E-state index contributed by atoms with van der Waals surface area (Å²) in [5, 5.41) is 9.46. The van der Waals surface area contributed by atoms with Crippen molar-refractivity contribution in [2.45, 2.75) is 50.6 Å². The average molecular weight is 334 g/mol. The SMILES string of the molecule is CC1CC(O)OCCN1CC(C)(C)NS(=O)(=O)C(F)(F)F. The third-order valence-electron chi connectivity index (χ3n) is 3.17. The number of aliphatic hydroxyl groups excluding tert-OH is 1. The first-order valence-electron chi connectivity index (χ1n) is 6.48. The Morgan fingerprint density at radius 3 is 2.48 bits per heavy atom. The zero-order valence-electron chi connectivity index (χ0n) is 12.1. The van der Waals surface area contributed by atoms with Gasteiger partial charge in [-0.15, -0.1) is 0 Å². The van der Waals surface area contributed by atoms with Crippen LogP contribution in [0.3, 0.4) is 0 Å². The van der Waals surface area contributed by atoms with Crippen molar-refractivity contribution in [2.24, 2.45) is 0 Å². The van der Waals surface area contributed by atoms with Gasteiger partial charge in [-0.3, -0.25) is 4.90 Å². The van der Waals surface area contributed by atoms with Crippen LogP contribution in [0.25, 0.3) is 0 Å². The largest absolute Gasteiger partial charge is 0.511 e. The number of nitrogens with zero attached hydrogens (tertiary/aromatic N) is 1. The third-order valence-corrected chi connectivity index (χ3v) is 4.60. The standard InChI is InChI=1S/C11H21F3N2O4S/c1-8-6-9(17)20-5-4-16(8)7-10(2,3)15-21(18,19)11(12,13)14/h8-9,15,17H,4-7H2,1-3H3. The summed E-state index contributed by atoms with van der Waals surface area (Å²) in [4.78, 5) is 1.79. The van der Waals surface area contributed by atoms with E-state index in [1.54, 1.807) is 16.5 Å². The van der Waals surface area contributed by atoms with E-state index < -0.39 is 27.4 Å². The maximum Gasteiger partial charge on any atom is 0.511 e. The minimum atomic E-state index is -5.40. The van der Waals surface area contributed by atoms with Crippen LogP contribution in [0.2, 0.25) is 0 Å². The first kappa shape index (κ1) is 18.6. The van der Waals surface area contributed by atoms with Crippen molar-refractivity contribution in [3.05, 3.63) is 0 Å². The highest BCUT2D eigenvalue weighted by atomic mass is 32.2. The van der Waals surface area contributed by atoms with E-state index in [2.05, 4.69) is 0 Å². The van der Waals surface area contributed by atoms with Crippen LogP contribution in [0.15, 0.2) is 0 Å². The van der Waals surface area contributed by atoms with Gasteiger partial charge in [-0.2, -0.15) is 13.2 Å². The number of hydrogen-bond donors (Lipinski definition) is 2. The predicted octanol–water partition coefficient (Wildman–Crippen LogP) is 0.633. The van der Waals surface area contributed by atoms with Crippen molar-refractivity contribution in [1.82, 2.24) is 9.62 Å². The Morgan fingerprint density at radius 1 is 1.38 bits per heavy atom. The van der Waals surface area contributed by atoms with Gasteiger partial charge in [0.15, 0.2) is 6.29 Å². The Morgan fingerprint density at radius 2 is 1.95 bits per heavy atom. The number of halogens is 3. The minimum Gasteiger partial charge on any atom is -0.368 e. The maximum absolute atomic E-state index is 12.4. The number of hydrogen-bond acceptors (Lipinski definition) is 5. The Kier molecular flexibility index (Phi) is 5.65. The average Bonchev–Trinajstić information content (AvgIpc) is 2.37. The lowest BCUT2D eigenvalue weighted by molar-refractivity contribution is -0.0944. The monoisotopic (exact) mass is 334 g/mol. The number of nitrogens with one attached hydrogen (secondary N) is 1. The maximum atomic E-state index is 12.4. The molecule has 0 aromatic carbocycles. The van der Waals surface area contributed by atoms with Gasteiger partial charge in [-0.1, -0.05) is 0 Å². The zero-order chi connectivity index (χ0) is 16.5. The molecule has 0 spiro atoms. The Hall–Kier alpha value is -0.420. The van der Waals surface area contributed by atoms with Crippen LogP contribution in [-0.2, 0) is 14.8 Å². The molecular formula is C11H21F3N2O4S. The summed E-state index contributed by atoms with van der Waals surface area (Å²) in [6.07, 6.45) is -0.609. The van der Waals surface area contributed by atoms with Crippen molar-refractivity contribution < 1.29 is 31.4 Å². The predicted molar refractivity (Wildman–Crippen MR) is 69.8 cm³/mol. The van der Waals surface area contributed by atoms with Gasteiger partial charge in [0.25, 0.3) is 0 Å². The van der Waals surface area contributed by atoms with Gasteiger partial charge < -0.3 is 9.84 Å². The lowest BCUT2D eigenvalue weighted by atomic mass is 10.0. The Balaban J connectivity index is 2.76. The molecule has 0 aromatic heterocycles. The van der Waals surface area contributed by atoms with E-state index in [4.69, 9.17) is 4.74 Å². The van der Waals surface area contributed by atoms with Crippen LogP contribution < -0.4 is 4.72 Å². The van der Waals surface area contributed by atoms with Crippen molar-refractivity contribution in [1.29, 1.82) is 0 Å². The van der Waals surface area contributed by atoms with Gasteiger partial charge in [0.05, 0.1) is 6.61 Å². The van der Waals surface area contributed by atoms with E-state index in [9.17, 15) is 26.7 Å². The molecule has 21 heavy (non-hydrogen) atoms. The van der Waals surface area contributed by atoms with E-state index in [0.717, 1.165) is 0 Å². The van der Waals surface area contributed by atoms with E-state index >= 15 is 0 Å². The molecule has 0 aromatic rings. The summed E-state index contributed by atoms with van der Waals surface area (Å²) in [5.74, 6) is 0. The van der Waals surface area contributed by atoms with Crippen LogP contribution in [0.1, 0.15) is 27.2 Å². The smallest absolute Gasteiger partial charge is 0.368 e. The van der Waals surface area contributed by atoms with Crippen molar-refractivity contribution in [3.8, 4) is 0 Å². The van der Waals surface area contributed by atoms with Gasteiger partial charge in [0, 0.05) is 31.1 Å². The molecule has 2 N–H and O–H groups in total. The molecule has 2 atom stereocenters. The summed E-state index contributed by atoms with van der Waals surface area (Å²) in [6, 6.07) is -0.142.